The quantitative estimate of drug-likeness (QED) is 0.870. The van der Waals surface area contributed by atoms with E-state index in [1.54, 1.807) is 0 Å². The lowest BCUT2D eigenvalue weighted by Gasteiger charge is -2.11. The van der Waals surface area contributed by atoms with E-state index in [2.05, 4.69) is 15.5 Å². The summed E-state index contributed by atoms with van der Waals surface area (Å²) in [6, 6.07) is 3.92. The Bertz CT molecular complexity index is 598. The molecule has 8 heteroatoms. The first-order chi connectivity index (χ1) is 9.40. The number of aromatic nitrogens is 2. The molecule has 0 aliphatic heterocycles. The summed E-state index contributed by atoms with van der Waals surface area (Å²) in [5.41, 5.74) is -0.330. The van der Waals surface area contributed by atoms with E-state index in [1.165, 1.54) is 19.1 Å². The monoisotopic (exact) mass is 305 g/mol. The maximum atomic E-state index is 12.8. The lowest BCUT2D eigenvalue weighted by Crippen LogP contribution is -2.08. The smallest absolute Gasteiger partial charge is 0.408 e. The Kier molecular flexibility index (Phi) is 4.17. The molecule has 0 amide bonds. The maximum Gasteiger partial charge on any atom is 0.416 e. The summed E-state index contributed by atoms with van der Waals surface area (Å²) in [5.74, 6) is 0.648. The van der Waals surface area contributed by atoms with E-state index < -0.39 is 11.7 Å². The zero-order valence-electron chi connectivity index (χ0n) is 10.5. The minimum Gasteiger partial charge on any atom is -0.408 e. The van der Waals surface area contributed by atoms with Gasteiger partial charge < -0.3 is 9.73 Å². The van der Waals surface area contributed by atoms with Crippen LogP contribution >= 0.6 is 11.6 Å². The highest BCUT2D eigenvalue weighted by Gasteiger charge is 2.32. The Morgan fingerprint density at radius 1 is 1.30 bits per heavy atom. The molecule has 0 aliphatic rings. The molecule has 2 rings (SSSR count). The van der Waals surface area contributed by atoms with Crippen LogP contribution in [0.4, 0.5) is 24.9 Å². The lowest BCUT2D eigenvalue weighted by atomic mass is 10.1. The van der Waals surface area contributed by atoms with Gasteiger partial charge in [-0.2, -0.15) is 13.2 Å². The molecule has 0 atom stereocenters. The molecule has 0 aliphatic carbocycles. The zero-order chi connectivity index (χ0) is 14.8. The van der Waals surface area contributed by atoms with Crippen molar-refractivity contribution in [3.05, 3.63) is 35.2 Å². The molecule has 20 heavy (non-hydrogen) atoms. The first-order valence-electron chi connectivity index (χ1n) is 5.73. The van der Waals surface area contributed by atoms with Crippen LogP contribution in [0, 0.1) is 6.92 Å². The van der Waals surface area contributed by atoms with Gasteiger partial charge in [0.2, 0.25) is 5.89 Å². The van der Waals surface area contributed by atoms with E-state index in [0.29, 0.717) is 18.2 Å². The van der Waals surface area contributed by atoms with Crippen molar-refractivity contribution in [2.45, 2.75) is 19.5 Å². The van der Waals surface area contributed by atoms with Crippen molar-refractivity contribution in [2.24, 2.45) is 0 Å². The zero-order valence-corrected chi connectivity index (χ0v) is 11.2. The SMILES string of the molecule is Cc1ccc(Nc2nnc(CCCl)o2)cc1C(F)(F)F. The minimum absolute atomic E-state index is 0.0297. The third kappa shape index (κ3) is 3.41. The number of hydrogen-bond acceptors (Lipinski definition) is 4. The summed E-state index contributed by atoms with van der Waals surface area (Å²) in [6.07, 6.45) is -4.00. The summed E-state index contributed by atoms with van der Waals surface area (Å²) in [4.78, 5) is 0. The highest BCUT2D eigenvalue weighted by atomic mass is 35.5. The average Bonchev–Trinajstić information content (AvgIpc) is 2.78. The van der Waals surface area contributed by atoms with Crippen molar-refractivity contribution in [2.75, 3.05) is 11.2 Å². The van der Waals surface area contributed by atoms with Crippen LogP contribution < -0.4 is 5.32 Å². The van der Waals surface area contributed by atoms with Crippen LogP contribution in [0.3, 0.4) is 0 Å². The van der Waals surface area contributed by atoms with Gasteiger partial charge in [0.05, 0.1) is 5.56 Å². The van der Waals surface area contributed by atoms with E-state index in [9.17, 15) is 13.2 Å². The van der Waals surface area contributed by atoms with Crippen molar-refractivity contribution >= 4 is 23.3 Å². The lowest BCUT2D eigenvalue weighted by molar-refractivity contribution is -0.138. The Balaban J connectivity index is 2.21. The number of nitrogens with one attached hydrogen (secondary N) is 1. The number of aryl methyl sites for hydroxylation is 2. The minimum atomic E-state index is -4.40. The van der Waals surface area contributed by atoms with Gasteiger partial charge >= 0.3 is 12.2 Å². The Morgan fingerprint density at radius 2 is 2.05 bits per heavy atom. The second-order valence-corrected chi connectivity index (χ2v) is 4.47. The molecule has 0 radical (unpaired) electrons. The standard InChI is InChI=1S/C12H11ClF3N3O/c1-7-2-3-8(6-9(7)12(14,15)16)17-11-19-18-10(20-11)4-5-13/h2-3,6H,4-5H2,1H3,(H,17,19). The van der Waals surface area contributed by atoms with Gasteiger partial charge in [-0.15, -0.1) is 16.7 Å². The van der Waals surface area contributed by atoms with Gasteiger partial charge in [0.15, 0.2) is 0 Å². The third-order valence-corrected chi connectivity index (χ3v) is 2.76. The molecule has 1 aromatic carbocycles. The summed E-state index contributed by atoms with van der Waals surface area (Å²) < 4.78 is 43.5. The Labute approximate surface area is 118 Å². The molecule has 0 bridgehead atoms. The number of benzene rings is 1. The fourth-order valence-corrected chi connectivity index (χ4v) is 1.78. The first-order valence-corrected chi connectivity index (χ1v) is 6.27. The summed E-state index contributed by atoms with van der Waals surface area (Å²) in [6.45, 7) is 1.40. The second-order valence-electron chi connectivity index (χ2n) is 4.09. The van der Waals surface area contributed by atoms with E-state index in [1.807, 2.05) is 0 Å². The van der Waals surface area contributed by atoms with Crippen LogP contribution in [-0.2, 0) is 12.6 Å². The summed E-state index contributed by atoms with van der Waals surface area (Å²) >= 11 is 5.52. The van der Waals surface area contributed by atoms with Crippen LogP contribution in [0.25, 0.3) is 0 Å². The number of nitrogens with zero attached hydrogens (tertiary/aromatic N) is 2. The van der Waals surface area contributed by atoms with Gasteiger partial charge in [-0.25, -0.2) is 0 Å². The van der Waals surface area contributed by atoms with Crippen molar-refractivity contribution in [1.82, 2.24) is 10.2 Å². The highest BCUT2D eigenvalue weighted by Crippen LogP contribution is 2.33. The van der Waals surface area contributed by atoms with Crippen molar-refractivity contribution in [3.8, 4) is 0 Å². The van der Waals surface area contributed by atoms with Crippen molar-refractivity contribution < 1.29 is 17.6 Å². The van der Waals surface area contributed by atoms with Crippen LogP contribution in [-0.4, -0.2) is 16.1 Å². The number of halogens is 4. The van der Waals surface area contributed by atoms with E-state index in [-0.39, 0.29) is 17.3 Å². The molecule has 1 heterocycles. The molecular formula is C12H11ClF3N3O. The normalized spacial score (nSPS) is 11.7. The molecule has 108 valence electrons. The third-order valence-electron chi connectivity index (χ3n) is 2.57. The molecule has 0 spiro atoms. The van der Waals surface area contributed by atoms with Gasteiger partial charge in [0.25, 0.3) is 0 Å². The van der Waals surface area contributed by atoms with Crippen LogP contribution in [0.5, 0.6) is 0 Å². The van der Waals surface area contributed by atoms with Gasteiger partial charge in [0.1, 0.15) is 0 Å². The largest absolute Gasteiger partial charge is 0.416 e. The topological polar surface area (TPSA) is 51.0 Å². The predicted octanol–water partition coefficient (Wildman–Crippen LogP) is 3.92. The highest BCUT2D eigenvalue weighted by molar-refractivity contribution is 6.17. The number of anilines is 2. The van der Waals surface area contributed by atoms with E-state index in [4.69, 9.17) is 16.0 Å². The number of rotatable bonds is 4. The Hall–Kier alpha value is -1.76. The molecular weight excluding hydrogens is 295 g/mol. The van der Waals surface area contributed by atoms with Gasteiger partial charge in [0, 0.05) is 18.0 Å². The second kappa shape index (κ2) is 5.70. The molecule has 0 unspecified atom stereocenters. The number of alkyl halides is 4. The molecule has 0 saturated heterocycles. The van der Waals surface area contributed by atoms with Crippen LogP contribution in [0.15, 0.2) is 22.6 Å². The van der Waals surface area contributed by atoms with Gasteiger partial charge in [-0.05, 0) is 24.6 Å². The van der Waals surface area contributed by atoms with Crippen LogP contribution in [0.2, 0.25) is 0 Å². The molecule has 0 saturated carbocycles. The van der Waals surface area contributed by atoms with Crippen LogP contribution in [0.1, 0.15) is 17.0 Å². The van der Waals surface area contributed by atoms with E-state index >= 15 is 0 Å². The molecule has 1 aromatic heterocycles. The van der Waals surface area contributed by atoms with Gasteiger partial charge in [-0.1, -0.05) is 11.2 Å². The van der Waals surface area contributed by atoms with Crippen molar-refractivity contribution in [3.63, 3.8) is 0 Å². The van der Waals surface area contributed by atoms with E-state index in [0.717, 1.165) is 6.07 Å². The Morgan fingerprint density at radius 3 is 2.70 bits per heavy atom. The fraction of sp³-hybridized carbons (Fsp3) is 0.333. The molecule has 2 aromatic rings. The predicted molar refractivity (Wildman–Crippen MR) is 68.2 cm³/mol. The molecule has 0 fully saturated rings. The average molecular weight is 306 g/mol. The molecule has 4 nitrogen and oxygen atoms in total. The van der Waals surface area contributed by atoms with Crippen molar-refractivity contribution in [1.29, 1.82) is 0 Å². The fourth-order valence-electron chi connectivity index (χ4n) is 1.61. The maximum absolute atomic E-state index is 12.8. The molecule has 1 N–H and O–H groups in total. The summed E-state index contributed by atoms with van der Waals surface area (Å²) in [5, 5.41) is 10.0. The van der Waals surface area contributed by atoms with Gasteiger partial charge in [-0.3, -0.25) is 0 Å². The number of hydrogen-bond donors (Lipinski definition) is 1. The summed E-state index contributed by atoms with van der Waals surface area (Å²) in [7, 11) is 0. The first kappa shape index (κ1) is 14.6.